The number of aliphatic hydroxyl groups excluding tert-OH is 2. The Bertz CT molecular complexity index is 216. The second-order valence-electron chi connectivity index (χ2n) is 6.94. The van der Waals surface area contributed by atoms with Crippen LogP contribution in [0.3, 0.4) is 0 Å². The van der Waals surface area contributed by atoms with E-state index in [1.165, 1.54) is 44.9 Å². The maximum Gasteiger partial charge on any atom is 0.0540 e. The predicted molar refractivity (Wildman–Crippen MR) is 78.9 cm³/mol. The van der Waals surface area contributed by atoms with Crippen molar-refractivity contribution in [3.63, 3.8) is 0 Å². The molecule has 0 heterocycles. The van der Waals surface area contributed by atoms with E-state index in [2.05, 4.69) is 6.92 Å². The van der Waals surface area contributed by atoms with Crippen LogP contribution in [0.15, 0.2) is 0 Å². The van der Waals surface area contributed by atoms with Crippen LogP contribution in [0.1, 0.15) is 77.6 Å². The monoisotopic (exact) mass is 268 g/mol. The Balaban J connectivity index is 1.90. The number of rotatable bonds is 5. The smallest absolute Gasteiger partial charge is 0.0540 e. The molecule has 2 nitrogen and oxygen atoms in total. The van der Waals surface area contributed by atoms with Crippen LogP contribution in [0.25, 0.3) is 0 Å². The van der Waals surface area contributed by atoms with Gasteiger partial charge in [-0.1, -0.05) is 19.8 Å². The first-order valence-corrected chi connectivity index (χ1v) is 8.56. The van der Waals surface area contributed by atoms with E-state index in [1.807, 2.05) is 0 Å². The minimum Gasteiger partial charge on any atom is -0.393 e. The van der Waals surface area contributed by atoms with E-state index in [4.69, 9.17) is 0 Å². The average Bonchev–Trinajstić information content (AvgIpc) is 2.43. The van der Waals surface area contributed by atoms with Crippen LogP contribution < -0.4 is 0 Å². The van der Waals surface area contributed by atoms with E-state index >= 15 is 0 Å². The van der Waals surface area contributed by atoms with Gasteiger partial charge in [0.1, 0.15) is 0 Å². The molecule has 0 aromatic rings. The minimum absolute atomic E-state index is 0.0312. The third-order valence-corrected chi connectivity index (χ3v) is 5.58. The lowest BCUT2D eigenvalue weighted by molar-refractivity contribution is 0.0424. The molecule has 0 saturated heterocycles. The molecule has 2 fully saturated rings. The lowest BCUT2D eigenvalue weighted by atomic mass is 9.67. The van der Waals surface area contributed by atoms with Crippen LogP contribution in [0.5, 0.6) is 0 Å². The summed E-state index contributed by atoms with van der Waals surface area (Å²) in [4.78, 5) is 0. The van der Waals surface area contributed by atoms with Crippen LogP contribution in [0.4, 0.5) is 0 Å². The molecule has 0 spiro atoms. The van der Waals surface area contributed by atoms with Crippen molar-refractivity contribution in [2.75, 3.05) is 0 Å². The Morgan fingerprint density at radius 2 is 1.21 bits per heavy atom. The first kappa shape index (κ1) is 15.3. The third kappa shape index (κ3) is 4.46. The van der Waals surface area contributed by atoms with Gasteiger partial charge in [-0.25, -0.2) is 0 Å². The van der Waals surface area contributed by atoms with Crippen LogP contribution in [-0.2, 0) is 0 Å². The fourth-order valence-electron chi connectivity index (χ4n) is 4.36. The van der Waals surface area contributed by atoms with Crippen molar-refractivity contribution >= 4 is 0 Å². The summed E-state index contributed by atoms with van der Waals surface area (Å²) in [7, 11) is 0. The molecule has 2 aliphatic rings. The zero-order valence-corrected chi connectivity index (χ0v) is 12.6. The lowest BCUT2D eigenvalue weighted by Crippen LogP contribution is -2.32. The van der Waals surface area contributed by atoms with Gasteiger partial charge in [-0.2, -0.15) is 0 Å². The van der Waals surface area contributed by atoms with Gasteiger partial charge >= 0.3 is 0 Å². The van der Waals surface area contributed by atoms with E-state index in [0.29, 0.717) is 0 Å². The number of hydrogen-bond donors (Lipinski definition) is 2. The molecule has 0 amide bonds. The summed E-state index contributed by atoms with van der Waals surface area (Å²) in [6.07, 6.45) is 12.9. The molecule has 0 bridgehead atoms. The predicted octanol–water partition coefficient (Wildman–Crippen LogP) is 3.90. The molecule has 0 aromatic carbocycles. The van der Waals surface area contributed by atoms with Gasteiger partial charge in [0, 0.05) is 0 Å². The Kier molecular flexibility index (Phi) is 6.15. The van der Waals surface area contributed by atoms with Crippen molar-refractivity contribution in [2.45, 2.75) is 89.8 Å². The van der Waals surface area contributed by atoms with Crippen LogP contribution in [0, 0.1) is 17.8 Å². The Hall–Kier alpha value is -0.0800. The summed E-state index contributed by atoms with van der Waals surface area (Å²) in [6, 6.07) is 0. The summed E-state index contributed by atoms with van der Waals surface area (Å²) in [5.74, 6) is 2.55. The second kappa shape index (κ2) is 7.64. The summed E-state index contributed by atoms with van der Waals surface area (Å²) in [5, 5.41) is 19.4. The van der Waals surface area contributed by atoms with Gasteiger partial charge in [-0.3, -0.25) is 0 Å². The van der Waals surface area contributed by atoms with E-state index in [9.17, 15) is 10.2 Å². The van der Waals surface area contributed by atoms with E-state index in [-0.39, 0.29) is 12.2 Å². The maximum atomic E-state index is 9.70. The highest BCUT2D eigenvalue weighted by Crippen LogP contribution is 2.42. The SMILES string of the molecule is CCCCC(C1CCC(O)CC1)C1CCC(O)CC1. The molecule has 0 atom stereocenters. The lowest BCUT2D eigenvalue weighted by Gasteiger charge is -2.39. The largest absolute Gasteiger partial charge is 0.393 e. The summed E-state index contributed by atoms with van der Waals surface area (Å²) < 4.78 is 0. The van der Waals surface area contributed by atoms with Crippen molar-refractivity contribution in [1.82, 2.24) is 0 Å². The van der Waals surface area contributed by atoms with Crippen LogP contribution in [0.2, 0.25) is 0 Å². The highest BCUT2D eigenvalue weighted by Gasteiger charge is 2.33. The van der Waals surface area contributed by atoms with E-state index in [1.54, 1.807) is 0 Å². The molecule has 112 valence electrons. The summed E-state index contributed by atoms with van der Waals surface area (Å²) in [6.45, 7) is 2.28. The van der Waals surface area contributed by atoms with Gasteiger partial charge in [-0.05, 0) is 75.5 Å². The maximum absolute atomic E-state index is 9.70. The Morgan fingerprint density at radius 3 is 1.58 bits per heavy atom. The number of aliphatic hydroxyl groups is 2. The number of hydrogen-bond acceptors (Lipinski definition) is 2. The van der Waals surface area contributed by atoms with Crippen molar-refractivity contribution in [3.8, 4) is 0 Å². The van der Waals surface area contributed by atoms with Gasteiger partial charge in [-0.15, -0.1) is 0 Å². The normalized spacial score (nSPS) is 38.1. The van der Waals surface area contributed by atoms with Crippen molar-refractivity contribution in [3.05, 3.63) is 0 Å². The first-order valence-electron chi connectivity index (χ1n) is 8.56. The third-order valence-electron chi connectivity index (χ3n) is 5.58. The molecule has 0 aliphatic heterocycles. The molecule has 2 saturated carbocycles. The quantitative estimate of drug-likeness (QED) is 0.794. The van der Waals surface area contributed by atoms with E-state index in [0.717, 1.165) is 43.4 Å². The molecule has 0 aromatic heterocycles. The van der Waals surface area contributed by atoms with Gasteiger partial charge in [0.05, 0.1) is 12.2 Å². The van der Waals surface area contributed by atoms with Crippen molar-refractivity contribution in [2.24, 2.45) is 17.8 Å². The minimum atomic E-state index is -0.0312. The standard InChI is InChI=1S/C17H32O2/c1-2-3-4-17(13-5-9-15(18)10-6-13)14-7-11-16(19)12-8-14/h13-19H,2-12H2,1H3. The zero-order valence-electron chi connectivity index (χ0n) is 12.6. The molecule has 2 heteroatoms. The first-order chi connectivity index (χ1) is 9.20. The van der Waals surface area contributed by atoms with E-state index < -0.39 is 0 Å². The molecule has 0 radical (unpaired) electrons. The van der Waals surface area contributed by atoms with Gasteiger partial charge in [0.2, 0.25) is 0 Å². The Morgan fingerprint density at radius 1 is 0.789 bits per heavy atom. The average molecular weight is 268 g/mol. The zero-order chi connectivity index (χ0) is 13.7. The number of unbranched alkanes of at least 4 members (excludes halogenated alkanes) is 1. The summed E-state index contributed by atoms with van der Waals surface area (Å²) >= 11 is 0. The molecule has 2 aliphatic carbocycles. The van der Waals surface area contributed by atoms with Crippen LogP contribution >= 0.6 is 0 Å². The fraction of sp³-hybridized carbons (Fsp3) is 1.00. The van der Waals surface area contributed by atoms with Gasteiger partial charge in [0.15, 0.2) is 0 Å². The van der Waals surface area contributed by atoms with Gasteiger partial charge < -0.3 is 10.2 Å². The van der Waals surface area contributed by atoms with Crippen molar-refractivity contribution in [1.29, 1.82) is 0 Å². The molecular formula is C17H32O2. The van der Waals surface area contributed by atoms with Crippen LogP contribution in [-0.4, -0.2) is 22.4 Å². The highest BCUT2D eigenvalue weighted by molar-refractivity contribution is 4.84. The highest BCUT2D eigenvalue weighted by atomic mass is 16.3. The molecule has 2 rings (SSSR count). The molecule has 19 heavy (non-hydrogen) atoms. The van der Waals surface area contributed by atoms with Crippen molar-refractivity contribution < 1.29 is 10.2 Å². The molecule has 0 unspecified atom stereocenters. The fourth-order valence-corrected chi connectivity index (χ4v) is 4.36. The Labute approximate surface area is 118 Å². The van der Waals surface area contributed by atoms with Gasteiger partial charge in [0.25, 0.3) is 0 Å². The topological polar surface area (TPSA) is 40.5 Å². The molecular weight excluding hydrogens is 236 g/mol. The molecule has 2 N–H and O–H groups in total. The second-order valence-corrected chi connectivity index (χ2v) is 6.94. The summed E-state index contributed by atoms with van der Waals surface area (Å²) in [5.41, 5.74) is 0.